The number of carbonyl (C=O) groups excluding carboxylic acids is 1. The van der Waals surface area contributed by atoms with Gasteiger partial charge in [0, 0.05) is 31.8 Å². The Hall–Kier alpha value is -1.36. The molecular formula is C10H18N4O. The number of nitrogens with two attached hydrogens (primary N) is 1. The zero-order valence-corrected chi connectivity index (χ0v) is 9.29. The van der Waals surface area contributed by atoms with E-state index in [1.807, 2.05) is 20.2 Å². The molecule has 0 atom stereocenters. The molecule has 3 N–H and O–H groups in total. The van der Waals surface area contributed by atoms with Gasteiger partial charge in [0.15, 0.2) is 0 Å². The molecule has 5 nitrogen and oxygen atoms in total. The molecule has 0 aromatic carbocycles. The van der Waals surface area contributed by atoms with Crippen LogP contribution in [0.1, 0.15) is 24.1 Å². The van der Waals surface area contributed by atoms with Crippen molar-refractivity contribution in [3.05, 3.63) is 17.5 Å². The molecule has 0 spiro atoms. The number of nitrogens with one attached hydrogen (secondary N) is 1. The highest BCUT2D eigenvalue weighted by Crippen LogP contribution is 2.03. The van der Waals surface area contributed by atoms with E-state index in [1.54, 1.807) is 4.68 Å². The average molecular weight is 210 g/mol. The molecule has 0 aliphatic carbocycles. The van der Waals surface area contributed by atoms with Crippen molar-refractivity contribution in [3.63, 3.8) is 0 Å². The fraction of sp³-hybridized carbons (Fsp3) is 0.600. The number of aryl methyl sites for hydroxylation is 2. The molecule has 15 heavy (non-hydrogen) atoms. The van der Waals surface area contributed by atoms with Gasteiger partial charge in [0.25, 0.3) is 0 Å². The van der Waals surface area contributed by atoms with Crippen molar-refractivity contribution in [2.75, 3.05) is 6.54 Å². The highest BCUT2D eigenvalue weighted by Gasteiger charge is 2.05. The van der Waals surface area contributed by atoms with Crippen molar-refractivity contribution < 1.29 is 4.79 Å². The van der Waals surface area contributed by atoms with Gasteiger partial charge in [-0.1, -0.05) is 0 Å². The van der Waals surface area contributed by atoms with Crippen LogP contribution in [0.2, 0.25) is 0 Å². The van der Waals surface area contributed by atoms with E-state index >= 15 is 0 Å². The first-order valence-electron chi connectivity index (χ1n) is 5.09. The van der Waals surface area contributed by atoms with Crippen LogP contribution in [-0.2, 0) is 18.4 Å². The Labute approximate surface area is 89.6 Å². The summed E-state index contributed by atoms with van der Waals surface area (Å²) >= 11 is 0. The highest BCUT2D eigenvalue weighted by molar-refractivity contribution is 5.75. The second-order valence-corrected chi connectivity index (χ2v) is 3.58. The van der Waals surface area contributed by atoms with E-state index in [0.717, 1.165) is 17.7 Å². The fourth-order valence-corrected chi connectivity index (χ4v) is 1.37. The number of aromatic nitrogens is 2. The molecule has 1 aromatic rings. The van der Waals surface area contributed by atoms with Crippen LogP contribution in [0.25, 0.3) is 0 Å². The second kappa shape index (κ2) is 5.50. The van der Waals surface area contributed by atoms with Crippen LogP contribution in [0.15, 0.2) is 6.20 Å². The van der Waals surface area contributed by atoms with Gasteiger partial charge in [-0.25, -0.2) is 0 Å². The summed E-state index contributed by atoms with van der Waals surface area (Å²) in [5, 5.41) is 7.04. The number of nitrogens with zero attached hydrogens (tertiary/aromatic N) is 2. The van der Waals surface area contributed by atoms with E-state index in [1.165, 1.54) is 0 Å². The van der Waals surface area contributed by atoms with Gasteiger partial charge in [-0.05, 0) is 19.9 Å². The average Bonchev–Trinajstić information content (AvgIpc) is 2.51. The zero-order chi connectivity index (χ0) is 11.3. The largest absolute Gasteiger partial charge is 0.352 e. The van der Waals surface area contributed by atoms with Crippen molar-refractivity contribution in [2.24, 2.45) is 12.8 Å². The lowest BCUT2D eigenvalue weighted by Gasteiger charge is -2.03. The van der Waals surface area contributed by atoms with Crippen LogP contribution in [0.4, 0.5) is 0 Å². The predicted molar refractivity (Wildman–Crippen MR) is 58.1 cm³/mol. The molecule has 0 radical (unpaired) electrons. The summed E-state index contributed by atoms with van der Waals surface area (Å²) in [6, 6.07) is 0. The molecule has 1 aromatic heterocycles. The molecule has 0 saturated carbocycles. The number of carbonyl (C=O) groups is 1. The first-order chi connectivity index (χ1) is 7.13. The van der Waals surface area contributed by atoms with Crippen molar-refractivity contribution in [1.29, 1.82) is 0 Å². The van der Waals surface area contributed by atoms with Crippen LogP contribution in [0.5, 0.6) is 0 Å². The van der Waals surface area contributed by atoms with Gasteiger partial charge < -0.3 is 11.1 Å². The van der Waals surface area contributed by atoms with Crippen LogP contribution < -0.4 is 11.1 Å². The molecule has 1 rings (SSSR count). The van der Waals surface area contributed by atoms with Crippen molar-refractivity contribution in [2.45, 2.75) is 26.3 Å². The maximum atomic E-state index is 11.3. The lowest BCUT2D eigenvalue weighted by molar-refractivity contribution is -0.121. The molecule has 0 aliphatic heterocycles. The molecule has 0 bridgehead atoms. The Kier molecular flexibility index (Phi) is 4.30. The minimum Gasteiger partial charge on any atom is -0.352 e. The van der Waals surface area contributed by atoms with Gasteiger partial charge in [-0.2, -0.15) is 5.10 Å². The van der Waals surface area contributed by atoms with E-state index in [-0.39, 0.29) is 5.91 Å². The Bertz CT molecular complexity index is 332. The lowest BCUT2D eigenvalue weighted by Crippen LogP contribution is -2.23. The van der Waals surface area contributed by atoms with Crippen molar-refractivity contribution in [3.8, 4) is 0 Å². The molecule has 84 valence electrons. The molecule has 0 unspecified atom stereocenters. The Morgan fingerprint density at radius 3 is 2.93 bits per heavy atom. The molecular weight excluding hydrogens is 192 g/mol. The Balaban J connectivity index is 2.36. The van der Waals surface area contributed by atoms with Gasteiger partial charge in [0.05, 0.1) is 5.69 Å². The monoisotopic (exact) mass is 210 g/mol. The van der Waals surface area contributed by atoms with Crippen LogP contribution in [0.3, 0.4) is 0 Å². The maximum absolute atomic E-state index is 11.3. The number of amides is 1. The van der Waals surface area contributed by atoms with Gasteiger partial charge in [-0.3, -0.25) is 9.48 Å². The fourth-order valence-electron chi connectivity index (χ4n) is 1.37. The number of rotatable bonds is 5. The first kappa shape index (κ1) is 11.7. The quantitative estimate of drug-likeness (QED) is 0.723. The topological polar surface area (TPSA) is 72.9 Å². The van der Waals surface area contributed by atoms with Crippen LogP contribution in [-0.4, -0.2) is 22.2 Å². The molecule has 0 saturated heterocycles. The summed E-state index contributed by atoms with van der Waals surface area (Å²) in [6.07, 6.45) is 3.15. The molecule has 1 heterocycles. The first-order valence-corrected chi connectivity index (χ1v) is 5.09. The minimum absolute atomic E-state index is 0.0451. The Morgan fingerprint density at radius 2 is 2.40 bits per heavy atom. The lowest BCUT2D eigenvalue weighted by atomic mass is 10.2. The molecule has 0 aliphatic rings. The van der Waals surface area contributed by atoms with E-state index in [9.17, 15) is 4.79 Å². The SMILES string of the molecule is Cc1nn(C)cc1CNC(=O)CCCN. The predicted octanol–water partition coefficient (Wildman–Crippen LogP) is 0.0836. The third kappa shape index (κ3) is 3.71. The summed E-state index contributed by atoms with van der Waals surface area (Å²) in [5.74, 6) is 0.0451. The smallest absolute Gasteiger partial charge is 0.220 e. The van der Waals surface area contributed by atoms with Gasteiger partial charge in [0.2, 0.25) is 5.91 Å². The minimum atomic E-state index is 0.0451. The normalized spacial score (nSPS) is 10.3. The van der Waals surface area contributed by atoms with E-state index in [4.69, 9.17) is 5.73 Å². The zero-order valence-electron chi connectivity index (χ0n) is 9.29. The van der Waals surface area contributed by atoms with Crippen LogP contribution in [0, 0.1) is 6.92 Å². The Morgan fingerprint density at radius 1 is 1.67 bits per heavy atom. The highest BCUT2D eigenvalue weighted by atomic mass is 16.1. The summed E-state index contributed by atoms with van der Waals surface area (Å²) in [4.78, 5) is 11.3. The molecule has 0 fully saturated rings. The third-order valence-corrected chi connectivity index (χ3v) is 2.20. The van der Waals surface area contributed by atoms with Gasteiger partial charge >= 0.3 is 0 Å². The van der Waals surface area contributed by atoms with Gasteiger partial charge in [-0.15, -0.1) is 0 Å². The number of hydrogen-bond donors (Lipinski definition) is 2. The summed E-state index contributed by atoms with van der Waals surface area (Å²) < 4.78 is 1.75. The van der Waals surface area contributed by atoms with E-state index in [2.05, 4.69) is 10.4 Å². The van der Waals surface area contributed by atoms with E-state index < -0.39 is 0 Å². The maximum Gasteiger partial charge on any atom is 0.220 e. The third-order valence-electron chi connectivity index (χ3n) is 2.20. The summed E-state index contributed by atoms with van der Waals surface area (Å²) in [7, 11) is 1.87. The summed E-state index contributed by atoms with van der Waals surface area (Å²) in [5.41, 5.74) is 7.33. The molecule has 5 heteroatoms. The van der Waals surface area contributed by atoms with Gasteiger partial charge in [0.1, 0.15) is 0 Å². The number of hydrogen-bond acceptors (Lipinski definition) is 3. The van der Waals surface area contributed by atoms with Crippen LogP contribution >= 0.6 is 0 Å². The van der Waals surface area contributed by atoms with Crippen molar-refractivity contribution in [1.82, 2.24) is 15.1 Å². The van der Waals surface area contributed by atoms with E-state index in [0.29, 0.717) is 19.5 Å². The second-order valence-electron chi connectivity index (χ2n) is 3.58. The van der Waals surface area contributed by atoms with Crippen molar-refractivity contribution >= 4 is 5.91 Å². The molecule has 1 amide bonds. The summed E-state index contributed by atoms with van der Waals surface area (Å²) in [6.45, 7) is 3.03. The standard InChI is InChI=1S/C10H18N4O/c1-8-9(7-14(2)13-8)6-12-10(15)4-3-5-11/h7H,3-6,11H2,1-2H3,(H,12,15).